The predicted molar refractivity (Wildman–Crippen MR) is 119 cm³/mol. The summed E-state index contributed by atoms with van der Waals surface area (Å²) < 4.78 is 0. The van der Waals surface area contributed by atoms with E-state index in [0.29, 0.717) is 11.5 Å². The quantitative estimate of drug-likeness (QED) is 0.187. The molecule has 5 rings (SSSR count). The average molecular weight is 502 g/mol. The van der Waals surface area contributed by atoms with E-state index < -0.39 is 25.0 Å². The molecule has 0 aliphatic rings. The molecule has 7 nitrogen and oxygen atoms in total. The molecular weight excluding hydrogens is 484 g/mol. The molecule has 1 heterocycles. The number of carboxylic acid groups (broad SMARTS) is 2. The minimum atomic E-state index is -1.37. The van der Waals surface area contributed by atoms with Crippen molar-refractivity contribution in [2.45, 2.75) is 0 Å². The standard InChI is InChI=1S/C25H19N3O4.2K/c29-21(30)13-28(14-22(31)32)16-11-9-15(10-12-16)25-26-23-19-7-3-1-5-17(19)18-6-2-4-8-20(18)24(23)27-25;;/h1-12H,13-14H2,(H,26,27)(H,29,30)(H,31,32);;/q;2*+1/p-2. The van der Waals surface area contributed by atoms with Gasteiger partial charge >= 0.3 is 103 Å². The Morgan fingerprint density at radius 1 is 0.735 bits per heavy atom. The summed E-state index contributed by atoms with van der Waals surface area (Å²) in [5.74, 6) is -2.07. The Kier molecular flexibility index (Phi) is 9.49. The van der Waals surface area contributed by atoms with Crippen LogP contribution in [0.4, 0.5) is 5.69 Å². The Bertz CT molecular complexity index is 1410. The van der Waals surface area contributed by atoms with E-state index in [9.17, 15) is 19.8 Å². The number of anilines is 1. The number of aromatic nitrogens is 2. The van der Waals surface area contributed by atoms with E-state index in [2.05, 4.69) is 29.2 Å². The third-order valence-electron chi connectivity index (χ3n) is 5.52. The maximum absolute atomic E-state index is 11.0. The van der Waals surface area contributed by atoms with Crippen molar-refractivity contribution in [3.63, 3.8) is 0 Å². The molecule has 0 saturated heterocycles. The largest absolute Gasteiger partial charge is 1.00 e. The normalized spacial score (nSPS) is 10.6. The smallest absolute Gasteiger partial charge is 0.548 e. The number of aromatic amines is 1. The van der Waals surface area contributed by atoms with Gasteiger partial charge in [-0.05, 0) is 35.0 Å². The summed E-state index contributed by atoms with van der Waals surface area (Å²) in [4.78, 5) is 31.4. The second-order valence-electron chi connectivity index (χ2n) is 7.55. The van der Waals surface area contributed by atoms with Crippen molar-refractivity contribution >= 4 is 50.2 Å². The molecule has 0 bridgehead atoms. The zero-order valence-electron chi connectivity index (χ0n) is 18.9. The molecule has 1 aromatic heterocycles. The number of imidazole rings is 1. The molecule has 0 atom stereocenters. The van der Waals surface area contributed by atoms with Crippen LogP contribution in [0.2, 0.25) is 0 Å². The number of hydrogen-bond acceptors (Lipinski definition) is 6. The minimum absolute atomic E-state index is 0. The van der Waals surface area contributed by atoms with E-state index in [-0.39, 0.29) is 103 Å². The molecule has 0 aliphatic carbocycles. The first kappa shape index (κ1) is 27.5. The molecule has 0 saturated carbocycles. The number of carboxylic acids is 2. The van der Waals surface area contributed by atoms with Gasteiger partial charge in [0.1, 0.15) is 5.82 Å². The molecular formula is C25H17K2N3O4. The molecule has 5 aromatic rings. The summed E-state index contributed by atoms with van der Waals surface area (Å²) in [5, 5.41) is 26.4. The summed E-state index contributed by atoms with van der Waals surface area (Å²) in [7, 11) is 0. The van der Waals surface area contributed by atoms with Crippen molar-refractivity contribution in [3.05, 3.63) is 72.8 Å². The van der Waals surface area contributed by atoms with E-state index in [0.717, 1.165) is 38.1 Å². The predicted octanol–water partition coefficient (Wildman–Crippen LogP) is -4.15. The number of nitrogens with zero attached hydrogens (tertiary/aromatic N) is 2. The Morgan fingerprint density at radius 2 is 1.24 bits per heavy atom. The number of fused-ring (bicyclic) bond motifs is 6. The first-order valence-electron chi connectivity index (χ1n) is 10.1. The van der Waals surface area contributed by atoms with Crippen LogP contribution in [-0.4, -0.2) is 35.0 Å². The molecule has 0 radical (unpaired) electrons. The first-order chi connectivity index (χ1) is 15.5. The molecule has 1 N–H and O–H groups in total. The van der Waals surface area contributed by atoms with Crippen LogP contribution in [0.1, 0.15) is 0 Å². The molecule has 0 aliphatic heterocycles. The molecule has 9 heteroatoms. The van der Waals surface area contributed by atoms with Crippen LogP contribution in [0.25, 0.3) is 44.0 Å². The maximum atomic E-state index is 11.0. The third-order valence-corrected chi connectivity index (χ3v) is 5.52. The van der Waals surface area contributed by atoms with E-state index in [1.165, 1.54) is 4.90 Å². The van der Waals surface area contributed by atoms with Crippen molar-refractivity contribution in [1.29, 1.82) is 0 Å². The van der Waals surface area contributed by atoms with Gasteiger partial charge in [-0.1, -0.05) is 48.5 Å². The second kappa shape index (κ2) is 11.7. The number of benzene rings is 4. The van der Waals surface area contributed by atoms with Crippen molar-refractivity contribution in [2.24, 2.45) is 0 Å². The summed E-state index contributed by atoms with van der Waals surface area (Å²) in [6.45, 7) is -1.09. The molecule has 4 aromatic carbocycles. The zero-order valence-corrected chi connectivity index (χ0v) is 25.1. The summed E-state index contributed by atoms with van der Waals surface area (Å²) in [6, 6.07) is 23.2. The molecule has 34 heavy (non-hydrogen) atoms. The van der Waals surface area contributed by atoms with Crippen molar-refractivity contribution in [1.82, 2.24) is 9.97 Å². The number of rotatable bonds is 6. The topological polar surface area (TPSA) is 112 Å². The third kappa shape index (κ3) is 5.49. The van der Waals surface area contributed by atoms with E-state index >= 15 is 0 Å². The Labute approximate surface area is 280 Å². The number of hydrogen-bond donors (Lipinski definition) is 1. The number of nitrogens with one attached hydrogen (secondary N) is 1. The first-order valence-corrected chi connectivity index (χ1v) is 10.1. The fourth-order valence-corrected chi connectivity index (χ4v) is 4.14. The van der Waals surface area contributed by atoms with Crippen molar-refractivity contribution in [3.8, 4) is 11.4 Å². The van der Waals surface area contributed by atoms with E-state index in [1.54, 1.807) is 24.3 Å². The minimum Gasteiger partial charge on any atom is -0.548 e. The zero-order chi connectivity index (χ0) is 22.2. The average Bonchev–Trinajstić information content (AvgIpc) is 3.24. The van der Waals surface area contributed by atoms with Gasteiger partial charge in [0.25, 0.3) is 0 Å². The van der Waals surface area contributed by atoms with Gasteiger partial charge in [0, 0.05) is 22.0 Å². The van der Waals surface area contributed by atoms with Gasteiger partial charge in [0.2, 0.25) is 0 Å². The van der Waals surface area contributed by atoms with Gasteiger partial charge in [-0.3, -0.25) is 0 Å². The van der Waals surface area contributed by atoms with Crippen LogP contribution in [0.5, 0.6) is 0 Å². The number of aliphatic carboxylic acids is 2. The maximum Gasteiger partial charge on any atom is 1.00 e. The Balaban J connectivity index is 0.00000162. The van der Waals surface area contributed by atoms with Crippen LogP contribution in [-0.2, 0) is 9.59 Å². The Hall–Kier alpha value is -1.12. The van der Waals surface area contributed by atoms with Crippen molar-refractivity contribution in [2.75, 3.05) is 18.0 Å². The molecule has 0 fully saturated rings. The van der Waals surface area contributed by atoms with Gasteiger partial charge < -0.3 is 29.7 Å². The number of H-pyrrole nitrogens is 1. The SMILES string of the molecule is O=C([O-])CN(CC(=O)[O-])c1ccc(-c2nc3c4ccccc4c4ccccc4c3[nH]2)cc1.[K+].[K+]. The van der Waals surface area contributed by atoms with Crippen LogP contribution in [0, 0.1) is 0 Å². The van der Waals surface area contributed by atoms with Crippen molar-refractivity contribution < 1.29 is 123 Å². The molecule has 0 spiro atoms. The molecule has 0 unspecified atom stereocenters. The Morgan fingerprint density at radius 3 is 1.79 bits per heavy atom. The fraction of sp³-hybridized carbons (Fsp3) is 0.0800. The van der Waals surface area contributed by atoms with Gasteiger partial charge in [-0.2, -0.15) is 0 Å². The second-order valence-corrected chi connectivity index (χ2v) is 7.55. The molecule has 0 amide bonds. The van der Waals surface area contributed by atoms with Gasteiger partial charge in [-0.25, -0.2) is 4.98 Å². The van der Waals surface area contributed by atoms with Gasteiger partial charge in [0.15, 0.2) is 0 Å². The van der Waals surface area contributed by atoms with Crippen LogP contribution >= 0.6 is 0 Å². The summed E-state index contributed by atoms with van der Waals surface area (Å²) in [5.41, 5.74) is 3.04. The fourth-order valence-electron chi connectivity index (χ4n) is 4.14. The van der Waals surface area contributed by atoms with E-state index in [4.69, 9.17) is 4.98 Å². The van der Waals surface area contributed by atoms with E-state index in [1.807, 2.05) is 24.3 Å². The number of carbonyl (C=O) groups is 2. The van der Waals surface area contributed by atoms with Gasteiger partial charge in [-0.15, -0.1) is 0 Å². The monoisotopic (exact) mass is 501 g/mol. The van der Waals surface area contributed by atoms with Crippen LogP contribution in [0.15, 0.2) is 72.8 Å². The summed E-state index contributed by atoms with van der Waals surface area (Å²) in [6.07, 6.45) is 0. The number of carbonyl (C=O) groups excluding carboxylic acids is 2. The van der Waals surface area contributed by atoms with Crippen LogP contribution < -0.4 is 118 Å². The summed E-state index contributed by atoms with van der Waals surface area (Å²) >= 11 is 0. The van der Waals surface area contributed by atoms with Crippen LogP contribution in [0.3, 0.4) is 0 Å². The molecule has 158 valence electrons. The van der Waals surface area contributed by atoms with Gasteiger partial charge in [0.05, 0.1) is 36.1 Å².